The summed E-state index contributed by atoms with van der Waals surface area (Å²) in [4.78, 5) is 11.2. The lowest BCUT2D eigenvalue weighted by Gasteiger charge is -2.28. The first-order chi connectivity index (χ1) is 12.3. The molecular weight excluding hydrogens is 332 g/mol. The van der Waals surface area contributed by atoms with Crippen LogP contribution >= 0.6 is 11.3 Å². The minimum atomic E-state index is 0.520. The number of hydrogen-bond donors (Lipinski definition) is 1. The zero-order valence-electron chi connectivity index (χ0n) is 15.0. The second-order valence-electron chi connectivity index (χ2n) is 7.89. The molecule has 0 aromatic carbocycles. The summed E-state index contributed by atoms with van der Waals surface area (Å²) in [6.07, 6.45) is 4.79. The van der Waals surface area contributed by atoms with Gasteiger partial charge in [-0.3, -0.25) is 9.89 Å². The Kier molecular flexibility index (Phi) is 4.22. The Bertz CT molecular complexity index is 642. The first-order valence-corrected chi connectivity index (χ1v) is 10.6. The van der Waals surface area contributed by atoms with Crippen molar-refractivity contribution in [1.82, 2.24) is 15.1 Å². The maximum absolute atomic E-state index is 6.09. The zero-order chi connectivity index (χ0) is 16.8. The van der Waals surface area contributed by atoms with Gasteiger partial charge in [-0.1, -0.05) is 0 Å². The molecule has 4 aliphatic rings. The van der Waals surface area contributed by atoms with E-state index in [1.54, 1.807) is 4.88 Å². The van der Waals surface area contributed by atoms with Gasteiger partial charge in [0, 0.05) is 63.0 Å². The summed E-state index contributed by atoms with van der Waals surface area (Å²) >= 11 is 1.91. The highest BCUT2D eigenvalue weighted by atomic mass is 32.1. The van der Waals surface area contributed by atoms with Gasteiger partial charge < -0.3 is 15.0 Å². The summed E-state index contributed by atoms with van der Waals surface area (Å²) in [6.45, 7) is 6.59. The molecule has 2 bridgehead atoms. The van der Waals surface area contributed by atoms with E-state index >= 15 is 0 Å². The molecule has 1 N–H and O–H groups in total. The third-order valence-corrected chi connectivity index (χ3v) is 7.58. The summed E-state index contributed by atoms with van der Waals surface area (Å²) in [5.74, 6) is 2.55. The summed E-state index contributed by atoms with van der Waals surface area (Å²) in [7, 11) is 1.92. The second-order valence-corrected chi connectivity index (χ2v) is 8.89. The predicted molar refractivity (Wildman–Crippen MR) is 101 cm³/mol. The Morgan fingerprint density at radius 3 is 2.88 bits per heavy atom. The molecule has 0 amide bonds. The quantitative estimate of drug-likeness (QED) is 0.659. The molecule has 5 nitrogen and oxygen atoms in total. The van der Waals surface area contributed by atoms with E-state index < -0.39 is 0 Å². The number of rotatable bonds is 3. The van der Waals surface area contributed by atoms with Crippen LogP contribution in [0, 0.1) is 11.8 Å². The van der Waals surface area contributed by atoms with Gasteiger partial charge in [0.1, 0.15) is 0 Å². The van der Waals surface area contributed by atoms with Crippen molar-refractivity contribution < 1.29 is 4.74 Å². The fourth-order valence-corrected chi connectivity index (χ4v) is 6.18. The molecule has 1 aromatic rings. The van der Waals surface area contributed by atoms with E-state index in [9.17, 15) is 0 Å². The van der Waals surface area contributed by atoms with E-state index in [0.29, 0.717) is 12.2 Å². The summed E-state index contributed by atoms with van der Waals surface area (Å²) in [6, 6.07) is 2.29. The summed E-state index contributed by atoms with van der Waals surface area (Å²) < 4.78 is 6.09. The van der Waals surface area contributed by atoms with Crippen LogP contribution in [0.4, 0.5) is 0 Å². The van der Waals surface area contributed by atoms with Crippen LogP contribution < -0.4 is 5.32 Å². The molecule has 25 heavy (non-hydrogen) atoms. The van der Waals surface area contributed by atoms with Crippen LogP contribution in [0.1, 0.15) is 23.3 Å². The van der Waals surface area contributed by atoms with Gasteiger partial charge in [-0.15, -0.1) is 11.3 Å². The van der Waals surface area contributed by atoms with E-state index in [4.69, 9.17) is 4.74 Å². The maximum atomic E-state index is 6.09. The SMILES string of the molecule is CN=C(NCCN1CCc2sccc2C1)N1CC2C3CCC(O3)C2C1. The van der Waals surface area contributed by atoms with Crippen LogP contribution in [0.5, 0.6) is 0 Å². The number of guanidine groups is 1. The molecule has 0 saturated carbocycles. The van der Waals surface area contributed by atoms with Crippen molar-refractivity contribution >= 4 is 17.3 Å². The second kappa shape index (κ2) is 6.56. The van der Waals surface area contributed by atoms with Crippen molar-refractivity contribution in [3.05, 3.63) is 21.9 Å². The van der Waals surface area contributed by atoms with Gasteiger partial charge in [-0.2, -0.15) is 0 Å². The molecular formula is C19H28N4OS. The number of thiophene rings is 1. The van der Waals surface area contributed by atoms with Crippen LogP contribution in [-0.2, 0) is 17.7 Å². The molecule has 6 heteroatoms. The fourth-order valence-electron chi connectivity index (χ4n) is 5.29. The van der Waals surface area contributed by atoms with Crippen LogP contribution in [0.2, 0.25) is 0 Å². The number of ether oxygens (including phenoxy) is 1. The average Bonchev–Trinajstić information content (AvgIpc) is 3.39. The molecule has 5 heterocycles. The lowest BCUT2D eigenvalue weighted by molar-refractivity contribution is 0.0767. The van der Waals surface area contributed by atoms with Gasteiger partial charge in [-0.05, 0) is 36.3 Å². The largest absolute Gasteiger partial charge is 0.374 e. The minimum Gasteiger partial charge on any atom is -0.374 e. The van der Waals surface area contributed by atoms with Crippen LogP contribution in [0.25, 0.3) is 0 Å². The number of hydrogen-bond acceptors (Lipinski definition) is 4. The summed E-state index contributed by atoms with van der Waals surface area (Å²) in [5.41, 5.74) is 1.53. The van der Waals surface area contributed by atoms with Crippen molar-refractivity contribution in [1.29, 1.82) is 0 Å². The monoisotopic (exact) mass is 360 g/mol. The number of aliphatic imine (C=N–C) groups is 1. The first-order valence-electron chi connectivity index (χ1n) is 9.70. The van der Waals surface area contributed by atoms with Crippen molar-refractivity contribution in [2.45, 2.75) is 38.0 Å². The number of likely N-dealkylation sites (tertiary alicyclic amines) is 1. The molecule has 3 saturated heterocycles. The van der Waals surface area contributed by atoms with Crippen molar-refractivity contribution in [3.8, 4) is 0 Å². The maximum Gasteiger partial charge on any atom is 0.193 e. The average molecular weight is 361 g/mol. The minimum absolute atomic E-state index is 0.520. The Morgan fingerprint density at radius 2 is 2.12 bits per heavy atom. The standard InChI is InChI=1S/C19H28N4OS/c1-20-19(23-11-14-15(12-23)17-3-2-16(14)24-17)21-6-8-22-7-4-18-13(10-22)5-9-25-18/h5,9,14-17H,2-4,6-8,10-12H2,1H3,(H,20,21). The van der Waals surface area contributed by atoms with Crippen LogP contribution in [0.3, 0.4) is 0 Å². The number of nitrogens with one attached hydrogen (secondary N) is 1. The van der Waals surface area contributed by atoms with E-state index in [-0.39, 0.29) is 0 Å². The van der Waals surface area contributed by atoms with Crippen molar-refractivity contribution in [2.24, 2.45) is 16.8 Å². The molecule has 5 rings (SSSR count). The highest BCUT2D eigenvalue weighted by molar-refractivity contribution is 7.10. The number of nitrogens with zero attached hydrogens (tertiary/aromatic N) is 3. The zero-order valence-corrected chi connectivity index (χ0v) is 15.8. The van der Waals surface area contributed by atoms with Crippen molar-refractivity contribution in [2.75, 3.05) is 39.8 Å². The Balaban J connectivity index is 1.12. The van der Waals surface area contributed by atoms with Crippen molar-refractivity contribution in [3.63, 3.8) is 0 Å². The molecule has 0 aliphatic carbocycles. The highest BCUT2D eigenvalue weighted by Crippen LogP contribution is 2.47. The normalized spacial score (nSPS) is 34.4. The van der Waals surface area contributed by atoms with Gasteiger partial charge in [0.05, 0.1) is 12.2 Å². The van der Waals surface area contributed by atoms with Gasteiger partial charge in [0.25, 0.3) is 0 Å². The van der Waals surface area contributed by atoms with E-state index in [1.165, 1.54) is 31.4 Å². The molecule has 4 unspecified atom stereocenters. The predicted octanol–water partition coefficient (Wildman–Crippen LogP) is 1.79. The molecule has 3 fully saturated rings. The van der Waals surface area contributed by atoms with Gasteiger partial charge in [0.15, 0.2) is 5.96 Å². The summed E-state index contributed by atoms with van der Waals surface area (Å²) in [5, 5.41) is 5.84. The van der Waals surface area contributed by atoms with E-state index in [1.807, 2.05) is 18.4 Å². The van der Waals surface area contributed by atoms with Crippen LogP contribution in [-0.4, -0.2) is 67.7 Å². The number of fused-ring (bicyclic) bond motifs is 6. The third kappa shape index (κ3) is 2.88. The molecule has 0 spiro atoms. The Morgan fingerprint density at radius 1 is 1.32 bits per heavy atom. The smallest absolute Gasteiger partial charge is 0.193 e. The van der Waals surface area contributed by atoms with Gasteiger partial charge >= 0.3 is 0 Å². The first kappa shape index (κ1) is 16.1. The third-order valence-electron chi connectivity index (χ3n) is 6.56. The Hall–Kier alpha value is -1.11. The Labute approximate surface area is 154 Å². The highest BCUT2D eigenvalue weighted by Gasteiger charge is 2.53. The van der Waals surface area contributed by atoms with Crippen LogP contribution in [0.15, 0.2) is 16.4 Å². The van der Waals surface area contributed by atoms with Gasteiger partial charge in [-0.25, -0.2) is 0 Å². The molecule has 4 aliphatic heterocycles. The molecule has 1 aromatic heterocycles. The van der Waals surface area contributed by atoms with Gasteiger partial charge in [0.2, 0.25) is 0 Å². The lowest BCUT2D eigenvalue weighted by atomic mass is 9.82. The molecule has 4 atom stereocenters. The fraction of sp³-hybridized carbons (Fsp3) is 0.737. The molecule has 0 radical (unpaired) electrons. The molecule has 136 valence electrons. The van der Waals surface area contributed by atoms with E-state index in [2.05, 4.69) is 31.6 Å². The van der Waals surface area contributed by atoms with E-state index in [0.717, 1.165) is 50.5 Å². The topological polar surface area (TPSA) is 40.1 Å². The lowest BCUT2D eigenvalue weighted by Crippen LogP contribution is -2.44.